The van der Waals surface area contributed by atoms with E-state index in [1.165, 1.54) is 16.8 Å². The number of hydrogen-bond acceptors (Lipinski definition) is 3. The average molecular weight is 287 g/mol. The Morgan fingerprint density at radius 2 is 2.05 bits per heavy atom. The van der Waals surface area contributed by atoms with Crippen LogP contribution in [0.15, 0.2) is 17.2 Å². The maximum absolute atomic E-state index is 12.4. The van der Waals surface area contributed by atoms with Gasteiger partial charge in [0.1, 0.15) is 10.6 Å². The molecule has 6 nitrogen and oxygen atoms in total. The Bertz CT molecular complexity index is 561. The summed E-state index contributed by atoms with van der Waals surface area (Å²) in [4.78, 5) is 14.1. The summed E-state index contributed by atoms with van der Waals surface area (Å²) in [6.07, 6.45) is 2.20. The van der Waals surface area contributed by atoms with Gasteiger partial charge in [-0.2, -0.15) is 0 Å². The van der Waals surface area contributed by atoms with E-state index < -0.39 is 10.0 Å². The molecular weight excluding hydrogens is 266 g/mol. The number of hydrogen-bond donors (Lipinski definition) is 1. The molecule has 0 fully saturated rings. The molecule has 0 saturated carbocycles. The highest BCUT2D eigenvalue weighted by molar-refractivity contribution is 7.89. The summed E-state index contributed by atoms with van der Waals surface area (Å²) in [5.41, 5.74) is 0.325. The van der Waals surface area contributed by atoms with Crippen LogP contribution in [0.1, 0.15) is 37.7 Å². The molecule has 0 atom stereocenters. The van der Waals surface area contributed by atoms with Crippen molar-refractivity contribution in [3.05, 3.63) is 18.0 Å². The maximum atomic E-state index is 12.4. The topological polar surface area (TPSA) is 85.4 Å². The molecule has 0 aliphatic heterocycles. The lowest BCUT2D eigenvalue weighted by Crippen LogP contribution is -2.38. The normalized spacial score (nSPS) is 11.9. The van der Waals surface area contributed by atoms with Gasteiger partial charge in [-0.3, -0.25) is 4.79 Å². The number of carbonyl (C=O) groups is 1. The first-order valence-electron chi connectivity index (χ1n) is 6.18. The van der Waals surface area contributed by atoms with Crippen molar-refractivity contribution in [3.63, 3.8) is 0 Å². The Morgan fingerprint density at radius 1 is 1.47 bits per heavy atom. The fraction of sp³-hybridized carbons (Fsp3) is 0.583. The highest BCUT2D eigenvalue weighted by atomic mass is 32.2. The van der Waals surface area contributed by atoms with Gasteiger partial charge < -0.3 is 9.47 Å². The van der Waals surface area contributed by atoms with Crippen molar-refractivity contribution in [3.8, 4) is 0 Å². The van der Waals surface area contributed by atoms with E-state index in [2.05, 4.69) is 0 Å². The summed E-state index contributed by atoms with van der Waals surface area (Å²) < 4.78 is 24.1. The molecular formula is C12H21N3O3S. The third-order valence-electron chi connectivity index (χ3n) is 2.88. The average Bonchev–Trinajstić information content (AvgIpc) is 2.66. The second kappa shape index (κ2) is 5.75. The molecule has 108 valence electrons. The number of carbonyl (C=O) groups excluding carboxylic acids is 1. The quantitative estimate of drug-likeness (QED) is 0.874. The van der Waals surface area contributed by atoms with E-state index in [0.29, 0.717) is 12.2 Å². The minimum absolute atomic E-state index is 0.0430. The van der Waals surface area contributed by atoms with Gasteiger partial charge in [-0.1, -0.05) is 6.92 Å². The van der Waals surface area contributed by atoms with E-state index in [0.717, 1.165) is 6.42 Å². The van der Waals surface area contributed by atoms with Gasteiger partial charge >= 0.3 is 0 Å². The number of amides is 1. The third-order valence-corrected chi connectivity index (χ3v) is 3.76. The number of primary sulfonamides is 1. The molecule has 0 aromatic carbocycles. The van der Waals surface area contributed by atoms with E-state index >= 15 is 0 Å². The molecule has 1 aromatic heterocycles. The van der Waals surface area contributed by atoms with E-state index in [1.54, 1.807) is 11.9 Å². The van der Waals surface area contributed by atoms with Crippen LogP contribution in [-0.2, 0) is 17.1 Å². The summed E-state index contributed by atoms with van der Waals surface area (Å²) in [5.74, 6) is -0.186. The third kappa shape index (κ3) is 3.57. The molecule has 0 aliphatic rings. The lowest BCUT2D eigenvalue weighted by molar-refractivity contribution is 0.0696. The highest BCUT2D eigenvalue weighted by Gasteiger charge is 2.23. The lowest BCUT2D eigenvalue weighted by atomic mass is 10.2. The molecule has 1 heterocycles. The number of nitrogens with two attached hydrogens (primary N) is 1. The molecule has 0 unspecified atom stereocenters. The molecule has 1 amide bonds. The van der Waals surface area contributed by atoms with E-state index in [-0.39, 0.29) is 16.8 Å². The van der Waals surface area contributed by atoms with Gasteiger partial charge in [-0.25, -0.2) is 13.6 Å². The molecule has 19 heavy (non-hydrogen) atoms. The van der Waals surface area contributed by atoms with Gasteiger partial charge in [0.05, 0.1) is 0 Å². The number of sulfonamides is 1. The van der Waals surface area contributed by atoms with Crippen molar-refractivity contribution in [1.29, 1.82) is 0 Å². The van der Waals surface area contributed by atoms with Crippen LogP contribution in [0.3, 0.4) is 0 Å². The van der Waals surface area contributed by atoms with Crippen LogP contribution in [0, 0.1) is 0 Å². The lowest BCUT2D eigenvalue weighted by Gasteiger charge is -2.26. The number of nitrogens with zero attached hydrogens (tertiary/aromatic N) is 2. The van der Waals surface area contributed by atoms with Crippen LogP contribution in [0.25, 0.3) is 0 Å². The summed E-state index contributed by atoms with van der Waals surface area (Å²) in [7, 11) is -2.16. The van der Waals surface area contributed by atoms with Crippen LogP contribution in [-0.4, -0.2) is 36.4 Å². The van der Waals surface area contributed by atoms with E-state index in [1.807, 2.05) is 20.8 Å². The summed E-state index contributed by atoms with van der Waals surface area (Å²) in [5, 5.41) is 5.07. The predicted molar refractivity (Wildman–Crippen MR) is 73.2 cm³/mol. The van der Waals surface area contributed by atoms with Crippen molar-refractivity contribution in [2.24, 2.45) is 12.2 Å². The van der Waals surface area contributed by atoms with Gasteiger partial charge in [0, 0.05) is 25.8 Å². The first kappa shape index (κ1) is 15.7. The number of rotatable bonds is 5. The van der Waals surface area contributed by atoms with E-state index in [9.17, 15) is 13.2 Å². The Balaban J connectivity index is 3.15. The van der Waals surface area contributed by atoms with Crippen molar-refractivity contribution >= 4 is 15.9 Å². The Kier molecular flexibility index (Phi) is 4.75. The van der Waals surface area contributed by atoms with Crippen LogP contribution in [0.5, 0.6) is 0 Å². The van der Waals surface area contributed by atoms with Gasteiger partial charge in [0.2, 0.25) is 10.0 Å². The van der Waals surface area contributed by atoms with E-state index in [4.69, 9.17) is 5.14 Å². The second-order valence-electron chi connectivity index (χ2n) is 4.81. The highest BCUT2D eigenvalue weighted by Crippen LogP contribution is 2.15. The van der Waals surface area contributed by atoms with Crippen molar-refractivity contribution in [2.45, 2.75) is 38.1 Å². The smallest absolute Gasteiger partial charge is 0.270 e. The Hall–Kier alpha value is -1.34. The van der Waals surface area contributed by atoms with Gasteiger partial charge in [-0.15, -0.1) is 0 Å². The second-order valence-corrected chi connectivity index (χ2v) is 6.37. The largest absolute Gasteiger partial charge is 0.345 e. The molecule has 2 N–H and O–H groups in total. The van der Waals surface area contributed by atoms with Crippen LogP contribution >= 0.6 is 0 Å². The van der Waals surface area contributed by atoms with Crippen LogP contribution in [0.4, 0.5) is 0 Å². The molecule has 0 aliphatic carbocycles. The zero-order chi connectivity index (χ0) is 14.8. The van der Waals surface area contributed by atoms with Crippen molar-refractivity contribution in [2.75, 3.05) is 6.54 Å². The molecule has 1 aromatic rings. The Morgan fingerprint density at radius 3 is 2.42 bits per heavy atom. The fourth-order valence-electron chi connectivity index (χ4n) is 1.88. The van der Waals surface area contributed by atoms with Gasteiger partial charge in [0.25, 0.3) is 5.91 Å². The van der Waals surface area contributed by atoms with Crippen molar-refractivity contribution < 1.29 is 13.2 Å². The molecule has 7 heteroatoms. The van der Waals surface area contributed by atoms with Gasteiger partial charge in [-0.05, 0) is 26.3 Å². The summed E-state index contributed by atoms with van der Waals surface area (Å²) in [6.45, 7) is 6.48. The molecule has 0 spiro atoms. The standard InChI is InChI=1S/C12H21N3O3S/c1-5-6-15(9(2)3)12(16)11-7-10(8-14(11)4)19(13,17)18/h7-9H,5-6H2,1-4H3,(H2,13,17,18). The van der Waals surface area contributed by atoms with Crippen LogP contribution in [0.2, 0.25) is 0 Å². The maximum Gasteiger partial charge on any atom is 0.270 e. The molecule has 0 bridgehead atoms. The van der Waals surface area contributed by atoms with Crippen molar-refractivity contribution in [1.82, 2.24) is 9.47 Å². The minimum Gasteiger partial charge on any atom is -0.345 e. The zero-order valence-electron chi connectivity index (χ0n) is 11.8. The predicted octanol–water partition coefficient (Wildman–Crippen LogP) is 0.933. The monoisotopic (exact) mass is 287 g/mol. The molecule has 0 radical (unpaired) electrons. The van der Waals surface area contributed by atoms with Gasteiger partial charge in [0.15, 0.2) is 0 Å². The SMILES string of the molecule is CCCN(C(=O)c1cc(S(N)(=O)=O)cn1C)C(C)C. The summed E-state index contributed by atoms with van der Waals surface area (Å²) in [6, 6.07) is 1.38. The zero-order valence-corrected chi connectivity index (χ0v) is 12.6. The fourth-order valence-corrected chi connectivity index (χ4v) is 2.47. The first-order valence-corrected chi connectivity index (χ1v) is 7.73. The minimum atomic E-state index is -3.79. The first-order chi connectivity index (χ1) is 8.68. The summed E-state index contributed by atoms with van der Waals surface area (Å²) >= 11 is 0. The Labute approximate surface area is 114 Å². The molecule has 0 saturated heterocycles. The van der Waals surface area contributed by atoms with Crippen LogP contribution < -0.4 is 5.14 Å². The molecule has 1 rings (SSSR count). The number of aryl methyl sites for hydroxylation is 1. The number of aromatic nitrogens is 1.